The Morgan fingerprint density at radius 1 is 0.857 bits per heavy atom. The van der Waals surface area contributed by atoms with Crippen molar-refractivity contribution in [3.8, 4) is 0 Å². The SMILES string of the molecule is CCOCCOCC(=O)NCC(=O)NCCOCC(C)=O. The maximum absolute atomic E-state index is 11.4. The van der Waals surface area contributed by atoms with E-state index in [4.69, 9.17) is 14.2 Å². The average Bonchev–Trinajstić information content (AvgIpc) is 2.44. The maximum Gasteiger partial charge on any atom is 0.246 e. The molecule has 0 aromatic rings. The summed E-state index contributed by atoms with van der Waals surface area (Å²) in [6.45, 7) is 5.00. The molecule has 0 fully saturated rings. The van der Waals surface area contributed by atoms with Crippen molar-refractivity contribution in [2.24, 2.45) is 0 Å². The number of carbonyl (C=O) groups excluding carboxylic acids is 3. The lowest BCUT2D eigenvalue weighted by molar-refractivity contribution is -0.129. The molecule has 0 aliphatic heterocycles. The fourth-order valence-corrected chi connectivity index (χ4v) is 1.20. The second-order valence-corrected chi connectivity index (χ2v) is 4.13. The zero-order valence-corrected chi connectivity index (χ0v) is 12.6. The molecule has 0 aliphatic carbocycles. The number of hydrogen-bond donors (Lipinski definition) is 2. The highest BCUT2D eigenvalue weighted by molar-refractivity contribution is 5.85. The van der Waals surface area contributed by atoms with E-state index in [-0.39, 0.29) is 50.5 Å². The first kappa shape index (κ1) is 19.5. The van der Waals surface area contributed by atoms with Gasteiger partial charge in [-0.2, -0.15) is 0 Å². The first-order chi connectivity index (χ1) is 10.1. The lowest BCUT2D eigenvalue weighted by Gasteiger charge is -2.07. The topological polar surface area (TPSA) is 103 Å². The predicted molar refractivity (Wildman–Crippen MR) is 74.8 cm³/mol. The molecule has 122 valence electrons. The summed E-state index contributed by atoms with van der Waals surface area (Å²) in [4.78, 5) is 33.2. The highest BCUT2D eigenvalue weighted by Gasteiger charge is 2.05. The fourth-order valence-electron chi connectivity index (χ4n) is 1.20. The molecule has 21 heavy (non-hydrogen) atoms. The van der Waals surface area contributed by atoms with Gasteiger partial charge < -0.3 is 24.8 Å². The molecule has 0 saturated heterocycles. The Bertz CT molecular complexity index is 322. The van der Waals surface area contributed by atoms with Gasteiger partial charge in [-0.3, -0.25) is 14.4 Å². The number of carbonyl (C=O) groups is 3. The third kappa shape index (κ3) is 14.7. The number of ketones is 1. The predicted octanol–water partition coefficient (Wildman–Crippen LogP) is -1.12. The minimum atomic E-state index is -0.366. The van der Waals surface area contributed by atoms with Crippen LogP contribution in [0.1, 0.15) is 13.8 Å². The number of nitrogens with one attached hydrogen (secondary N) is 2. The average molecular weight is 304 g/mol. The van der Waals surface area contributed by atoms with Gasteiger partial charge in [-0.1, -0.05) is 0 Å². The quantitative estimate of drug-likeness (QED) is 0.418. The highest BCUT2D eigenvalue weighted by atomic mass is 16.5. The van der Waals surface area contributed by atoms with Gasteiger partial charge in [0.05, 0.1) is 26.4 Å². The van der Waals surface area contributed by atoms with Gasteiger partial charge in [0.15, 0.2) is 5.78 Å². The molecule has 2 amide bonds. The van der Waals surface area contributed by atoms with Crippen LogP contribution in [-0.2, 0) is 28.6 Å². The Kier molecular flexibility index (Phi) is 12.5. The summed E-state index contributed by atoms with van der Waals surface area (Å²) in [5, 5.41) is 4.97. The minimum Gasteiger partial charge on any atom is -0.379 e. The molecular weight excluding hydrogens is 280 g/mol. The van der Waals surface area contributed by atoms with Gasteiger partial charge in [0, 0.05) is 13.2 Å². The van der Waals surface area contributed by atoms with E-state index in [2.05, 4.69) is 10.6 Å². The maximum atomic E-state index is 11.4. The Morgan fingerprint density at radius 2 is 1.52 bits per heavy atom. The molecule has 0 spiro atoms. The van der Waals surface area contributed by atoms with E-state index in [9.17, 15) is 14.4 Å². The number of rotatable bonds is 13. The summed E-state index contributed by atoms with van der Waals surface area (Å²) >= 11 is 0. The summed E-state index contributed by atoms with van der Waals surface area (Å²) in [6.07, 6.45) is 0. The Labute approximate surface area is 124 Å². The number of amides is 2. The van der Waals surface area contributed by atoms with Crippen molar-refractivity contribution in [3.05, 3.63) is 0 Å². The molecule has 0 rings (SSSR count). The van der Waals surface area contributed by atoms with Gasteiger partial charge in [0.25, 0.3) is 0 Å². The van der Waals surface area contributed by atoms with E-state index >= 15 is 0 Å². The van der Waals surface area contributed by atoms with Crippen molar-refractivity contribution in [1.82, 2.24) is 10.6 Å². The first-order valence-corrected chi connectivity index (χ1v) is 6.82. The monoisotopic (exact) mass is 304 g/mol. The number of hydrogen-bond acceptors (Lipinski definition) is 6. The van der Waals surface area contributed by atoms with Crippen molar-refractivity contribution in [2.75, 3.05) is 52.7 Å². The summed E-state index contributed by atoms with van der Waals surface area (Å²) < 4.78 is 15.1. The van der Waals surface area contributed by atoms with Crippen LogP contribution in [0.2, 0.25) is 0 Å². The summed E-state index contributed by atoms with van der Waals surface area (Å²) in [5.74, 6) is -0.767. The normalized spacial score (nSPS) is 10.2. The zero-order chi connectivity index (χ0) is 15.9. The number of ether oxygens (including phenoxy) is 3. The minimum absolute atomic E-state index is 0.0334. The van der Waals surface area contributed by atoms with Crippen molar-refractivity contribution in [2.45, 2.75) is 13.8 Å². The van der Waals surface area contributed by atoms with Gasteiger partial charge in [-0.15, -0.1) is 0 Å². The Morgan fingerprint density at radius 3 is 2.19 bits per heavy atom. The van der Waals surface area contributed by atoms with Crippen LogP contribution in [0.3, 0.4) is 0 Å². The van der Waals surface area contributed by atoms with E-state index in [1.165, 1.54) is 6.92 Å². The molecule has 0 radical (unpaired) electrons. The molecule has 0 aromatic heterocycles. The largest absolute Gasteiger partial charge is 0.379 e. The Balaban J connectivity index is 3.42. The van der Waals surface area contributed by atoms with Crippen LogP contribution in [0.5, 0.6) is 0 Å². The second-order valence-electron chi connectivity index (χ2n) is 4.13. The van der Waals surface area contributed by atoms with Crippen LogP contribution < -0.4 is 10.6 Å². The van der Waals surface area contributed by atoms with Crippen LogP contribution in [0, 0.1) is 0 Å². The van der Waals surface area contributed by atoms with Gasteiger partial charge in [0.1, 0.15) is 13.2 Å². The van der Waals surface area contributed by atoms with Gasteiger partial charge in [-0.25, -0.2) is 0 Å². The summed E-state index contributed by atoms with van der Waals surface area (Å²) in [7, 11) is 0. The highest BCUT2D eigenvalue weighted by Crippen LogP contribution is 1.79. The number of Topliss-reactive ketones (excluding diaryl/α,β-unsaturated/α-hetero) is 1. The first-order valence-electron chi connectivity index (χ1n) is 6.82. The van der Waals surface area contributed by atoms with Crippen molar-refractivity contribution in [1.29, 1.82) is 0 Å². The fraction of sp³-hybridized carbons (Fsp3) is 0.769. The van der Waals surface area contributed by atoms with Crippen molar-refractivity contribution in [3.63, 3.8) is 0 Å². The van der Waals surface area contributed by atoms with E-state index in [1.54, 1.807) is 0 Å². The van der Waals surface area contributed by atoms with Crippen LogP contribution in [-0.4, -0.2) is 70.3 Å². The molecule has 0 saturated carbocycles. The molecule has 0 heterocycles. The van der Waals surface area contributed by atoms with Gasteiger partial charge >= 0.3 is 0 Å². The Hall–Kier alpha value is -1.51. The summed E-state index contributed by atoms with van der Waals surface area (Å²) in [5.41, 5.74) is 0. The molecule has 0 bridgehead atoms. The molecular formula is C13H24N2O6. The van der Waals surface area contributed by atoms with Crippen LogP contribution in [0.15, 0.2) is 0 Å². The molecule has 8 heteroatoms. The van der Waals surface area contributed by atoms with Gasteiger partial charge in [0.2, 0.25) is 11.8 Å². The molecule has 0 aliphatic rings. The van der Waals surface area contributed by atoms with E-state index < -0.39 is 0 Å². The lowest BCUT2D eigenvalue weighted by Crippen LogP contribution is -2.39. The smallest absolute Gasteiger partial charge is 0.246 e. The van der Waals surface area contributed by atoms with Crippen LogP contribution in [0.25, 0.3) is 0 Å². The van der Waals surface area contributed by atoms with Gasteiger partial charge in [-0.05, 0) is 13.8 Å². The van der Waals surface area contributed by atoms with Crippen molar-refractivity contribution >= 4 is 17.6 Å². The van der Waals surface area contributed by atoms with E-state index in [0.29, 0.717) is 19.8 Å². The summed E-state index contributed by atoms with van der Waals surface area (Å²) in [6, 6.07) is 0. The molecule has 0 atom stereocenters. The van der Waals surface area contributed by atoms with E-state index in [0.717, 1.165) is 0 Å². The molecule has 8 nitrogen and oxygen atoms in total. The molecule has 0 unspecified atom stereocenters. The standard InChI is InChI=1S/C13H24N2O6/c1-3-19-6-7-21-10-13(18)15-8-12(17)14-4-5-20-9-11(2)16/h3-10H2,1-2H3,(H,14,17)(H,15,18). The molecule has 2 N–H and O–H groups in total. The van der Waals surface area contributed by atoms with Crippen LogP contribution >= 0.6 is 0 Å². The van der Waals surface area contributed by atoms with E-state index in [1.807, 2.05) is 6.92 Å². The molecule has 0 aromatic carbocycles. The third-order valence-electron chi connectivity index (χ3n) is 2.13. The second kappa shape index (κ2) is 13.5. The lowest BCUT2D eigenvalue weighted by atomic mass is 10.5. The van der Waals surface area contributed by atoms with Crippen molar-refractivity contribution < 1.29 is 28.6 Å². The zero-order valence-electron chi connectivity index (χ0n) is 12.6. The third-order valence-corrected chi connectivity index (χ3v) is 2.13. The van der Waals surface area contributed by atoms with Crippen LogP contribution in [0.4, 0.5) is 0 Å².